The van der Waals surface area contributed by atoms with Gasteiger partial charge in [0.2, 0.25) is 0 Å². The summed E-state index contributed by atoms with van der Waals surface area (Å²) in [5.41, 5.74) is 0. The van der Waals surface area contributed by atoms with Crippen LogP contribution in [0.1, 0.15) is 38.5 Å². The van der Waals surface area contributed by atoms with E-state index in [-0.39, 0.29) is 0 Å². The second-order valence-electron chi connectivity index (χ2n) is 3.01. The van der Waals surface area contributed by atoms with E-state index in [0.717, 1.165) is 6.42 Å². The first-order valence-corrected chi connectivity index (χ1v) is 4.63. The van der Waals surface area contributed by atoms with Crippen molar-refractivity contribution in [3.63, 3.8) is 0 Å². The van der Waals surface area contributed by atoms with Crippen molar-refractivity contribution >= 4 is 0 Å². The van der Waals surface area contributed by atoms with E-state index in [1.807, 2.05) is 0 Å². The van der Waals surface area contributed by atoms with Crippen molar-refractivity contribution in [2.75, 3.05) is 0 Å². The molecule has 0 aromatic rings. The van der Waals surface area contributed by atoms with Gasteiger partial charge in [0, 0.05) is 0 Å². The van der Waals surface area contributed by atoms with Crippen LogP contribution in [0.25, 0.3) is 0 Å². The van der Waals surface area contributed by atoms with Gasteiger partial charge in [-0.1, -0.05) is 30.7 Å². The van der Waals surface area contributed by atoms with Gasteiger partial charge in [-0.25, -0.2) is 0 Å². The first kappa shape index (κ1) is 8.58. The summed E-state index contributed by atoms with van der Waals surface area (Å²) in [4.78, 5) is 0. The van der Waals surface area contributed by atoms with Gasteiger partial charge in [0.05, 0.1) is 0 Å². The van der Waals surface area contributed by atoms with Crippen molar-refractivity contribution in [3.8, 4) is 0 Å². The van der Waals surface area contributed by atoms with E-state index < -0.39 is 0 Å². The van der Waals surface area contributed by atoms with E-state index in [2.05, 4.69) is 30.7 Å². The van der Waals surface area contributed by atoms with Crippen molar-refractivity contribution in [1.29, 1.82) is 0 Å². The highest BCUT2D eigenvalue weighted by Gasteiger charge is 1.87. The van der Waals surface area contributed by atoms with Gasteiger partial charge in [0.25, 0.3) is 0 Å². The smallest absolute Gasteiger partial charge is 0.0133 e. The molecule has 1 radical (unpaired) electrons. The Bertz CT molecular complexity index is 115. The van der Waals surface area contributed by atoms with Crippen LogP contribution in [0.3, 0.4) is 0 Å². The van der Waals surface area contributed by atoms with Crippen LogP contribution >= 0.6 is 0 Å². The fourth-order valence-corrected chi connectivity index (χ4v) is 1.26. The Balaban J connectivity index is 2.22. The molecule has 0 saturated carbocycles. The number of hydrogen-bond donors (Lipinski definition) is 0. The third-order valence-corrected chi connectivity index (χ3v) is 1.95. The van der Waals surface area contributed by atoms with Crippen LogP contribution in [-0.2, 0) is 0 Å². The average molecular weight is 149 g/mol. The molecule has 0 aromatic heterocycles. The summed E-state index contributed by atoms with van der Waals surface area (Å²) in [6, 6.07) is 0. The Hall–Kier alpha value is -0.520. The lowest BCUT2D eigenvalue weighted by Crippen LogP contribution is -1.73. The minimum Gasteiger partial charge on any atom is -0.0885 e. The summed E-state index contributed by atoms with van der Waals surface area (Å²) in [6.07, 6.45) is 19.0. The molecule has 0 aliphatic heterocycles. The summed E-state index contributed by atoms with van der Waals surface area (Å²) in [6.45, 7) is 0. The fourth-order valence-electron chi connectivity index (χ4n) is 1.26. The maximum absolute atomic E-state index is 2.30. The largest absolute Gasteiger partial charge is 0.0885 e. The molecule has 61 valence electrons. The molecule has 11 heavy (non-hydrogen) atoms. The SMILES string of the molecule is [CH]1/C=C\CCCCC/C=C\C1. The van der Waals surface area contributed by atoms with Crippen molar-refractivity contribution in [1.82, 2.24) is 0 Å². The lowest BCUT2D eigenvalue weighted by atomic mass is 10.1. The van der Waals surface area contributed by atoms with Gasteiger partial charge in [0.1, 0.15) is 0 Å². The monoisotopic (exact) mass is 149 g/mol. The molecule has 0 aromatic carbocycles. The Kier molecular flexibility index (Phi) is 4.84. The molecule has 0 heterocycles. The normalized spacial score (nSPS) is 26.9. The van der Waals surface area contributed by atoms with Crippen LogP contribution in [0.5, 0.6) is 0 Å². The van der Waals surface area contributed by atoms with Crippen molar-refractivity contribution in [3.05, 3.63) is 30.7 Å². The Morgan fingerprint density at radius 1 is 0.727 bits per heavy atom. The zero-order valence-electron chi connectivity index (χ0n) is 7.13. The maximum Gasteiger partial charge on any atom is -0.0133 e. The van der Waals surface area contributed by atoms with Gasteiger partial charge in [-0.05, 0) is 38.5 Å². The highest BCUT2D eigenvalue weighted by molar-refractivity contribution is 5.00. The molecule has 0 heteroatoms. The molecule has 0 atom stereocenters. The molecule has 1 aliphatic carbocycles. The zero-order valence-corrected chi connectivity index (χ0v) is 7.13. The third-order valence-electron chi connectivity index (χ3n) is 1.95. The molecule has 0 amide bonds. The van der Waals surface area contributed by atoms with Crippen LogP contribution in [0.2, 0.25) is 0 Å². The van der Waals surface area contributed by atoms with Gasteiger partial charge in [-0.2, -0.15) is 0 Å². The van der Waals surface area contributed by atoms with Crippen LogP contribution in [0, 0.1) is 6.42 Å². The summed E-state index contributed by atoms with van der Waals surface area (Å²) < 4.78 is 0. The van der Waals surface area contributed by atoms with Crippen molar-refractivity contribution in [2.24, 2.45) is 0 Å². The molecule has 0 nitrogen and oxygen atoms in total. The van der Waals surface area contributed by atoms with E-state index in [4.69, 9.17) is 0 Å². The lowest BCUT2D eigenvalue weighted by Gasteiger charge is -1.93. The van der Waals surface area contributed by atoms with Gasteiger partial charge < -0.3 is 0 Å². The summed E-state index contributed by atoms with van der Waals surface area (Å²) in [7, 11) is 0. The Labute approximate surface area is 70.0 Å². The van der Waals surface area contributed by atoms with Crippen LogP contribution in [-0.4, -0.2) is 0 Å². The molecule has 0 unspecified atom stereocenters. The number of allylic oxidation sites excluding steroid dienone is 4. The topological polar surface area (TPSA) is 0 Å². The van der Waals surface area contributed by atoms with Crippen LogP contribution in [0.15, 0.2) is 24.3 Å². The highest BCUT2D eigenvalue weighted by atomic mass is 13.9. The van der Waals surface area contributed by atoms with Gasteiger partial charge in [0.15, 0.2) is 0 Å². The fraction of sp³-hybridized carbons (Fsp3) is 0.545. The quantitative estimate of drug-likeness (QED) is 0.461. The molecule has 0 saturated heterocycles. The second kappa shape index (κ2) is 6.21. The Morgan fingerprint density at radius 2 is 1.55 bits per heavy atom. The molecular weight excluding hydrogens is 132 g/mol. The predicted octanol–water partition coefficient (Wildman–Crippen LogP) is 3.66. The van der Waals surface area contributed by atoms with Crippen molar-refractivity contribution < 1.29 is 0 Å². The lowest BCUT2D eigenvalue weighted by molar-refractivity contribution is 0.696. The first-order valence-electron chi connectivity index (χ1n) is 4.63. The molecule has 1 aliphatic rings. The van der Waals surface area contributed by atoms with Crippen molar-refractivity contribution in [2.45, 2.75) is 38.5 Å². The molecule has 0 spiro atoms. The Morgan fingerprint density at radius 3 is 2.45 bits per heavy atom. The minimum atomic E-state index is 1.11. The van der Waals surface area contributed by atoms with E-state index in [9.17, 15) is 0 Å². The van der Waals surface area contributed by atoms with E-state index in [1.54, 1.807) is 0 Å². The second-order valence-corrected chi connectivity index (χ2v) is 3.01. The third kappa shape index (κ3) is 4.83. The predicted molar refractivity (Wildman–Crippen MR) is 50.3 cm³/mol. The first-order chi connectivity index (χ1) is 5.50. The van der Waals surface area contributed by atoms with Crippen LogP contribution in [0.4, 0.5) is 0 Å². The number of rotatable bonds is 0. The molecule has 0 bridgehead atoms. The van der Waals surface area contributed by atoms with E-state index in [1.165, 1.54) is 32.1 Å². The average Bonchev–Trinajstić information content (AvgIpc) is 2.08. The maximum atomic E-state index is 2.30. The van der Waals surface area contributed by atoms with Gasteiger partial charge in [-0.15, -0.1) is 0 Å². The molecule has 1 rings (SSSR count). The van der Waals surface area contributed by atoms with Gasteiger partial charge in [-0.3, -0.25) is 0 Å². The minimum absolute atomic E-state index is 1.11. The highest BCUT2D eigenvalue weighted by Crippen LogP contribution is 2.07. The number of hydrogen-bond acceptors (Lipinski definition) is 0. The van der Waals surface area contributed by atoms with Gasteiger partial charge >= 0.3 is 0 Å². The zero-order chi connectivity index (χ0) is 7.78. The standard InChI is InChI=1S/C11H17/c1-2-4-6-8-10-11-9-7-5-3-1/h1-3,6,8H,4-5,7,9-11H2/b3-1-,8-6-. The van der Waals surface area contributed by atoms with E-state index in [0.29, 0.717) is 0 Å². The molecule has 0 fully saturated rings. The summed E-state index contributed by atoms with van der Waals surface area (Å²) in [5.74, 6) is 0. The molecule has 0 N–H and O–H groups in total. The van der Waals surface area contributed by atoms with E-state index >= 15 is 0 Å². The molecular formula is C11H17. The summed E-state index contributed by atoms with van der Waals surface area (Å²) in [5, 5.41) is 0. The van der Waals surface area contributed by atoms with Crippen LogP contribution < -0.4 is 0 Å². The summed E-state index contributed by atoms with van der Waals surface area (Å²) >= 11 is 0.